The van der Waals surface area contributed by atoms with Crippen LogP contribution in [-0.2, 0) is 0 Å². The molecule has 1 fully saturated rings. The van der Waals surface area contributed by atoms with Gasteiger partial charge in [-0.1, -0.05) is 12.8 Å². The second-order valence-corrected chi connectivity index (χ2v) is 6.14. The Morgan fingerprint density at radius 1 is 1.22 bits per heavy atom. The zero-order valence-electron chi connectivity index (χ0n) is 13.5. The number of hydrogen-bond acceptors (Lipinski definition) is 5. The summed E-state index contributed by atoms with van der Waals surface area (Å²) in [7, 11) is 0. The van der Waals surface area contributed by atoms with Crippen LogP contribution in [-0.4, -0.2) is 52.3 Å². The SMILES string of the molecule is OCCN(CCCOc1ccc2cncnc2c1)C1CCCC1. The van der Waals surface area contributed by atoms with E-state index in [1.165, 1.54) is 25.7 Å². The number of hydrogen-bond donors (Lipinski definition) is 1. The lowest BCUT2D eigenvalue weighted by atomic mass is 10.2. The molecule has 124 valence electrons. The van der Waals surface area contributed by atoms with Gasteiger partial charge in [-0.15, -0.1) is 0 Å². The molecule has 5 heteroatoms. The Morgan fingerprint density at radius 2 is 2.09 bits per heavy atom. The highest BCUT2D eigenvalue weighted by Crippen LogP contribution is 2.23. The molecular formula is C18H25N3O2. The lowest BCUT2D eigenvalue weighted by Crippen LogP contribution is -2.36. The monoisotopic (exact) mass is 315 g/mol. The van der Waals surface area contributed by atoms with Gasteiger partial charge >= 0.3 is 0 Å². The first-order chi connectivity index (χ1) is 11.4. The van der Waals surface area contributed by atoms with Crippen molar-refractivity contribution in [2.24, 2.45) is 0 Å². The quantitative estimate of drug-likeness (QED) is 0.759. The first-order valence-electron chi connectivity index (χ1n) is 8.54. The molecule has 0 radical (unpaired) electrons. The molecule has 2 aromatic rings. The van der Waals surface area contributed by atoms with Crippen molar-refractivity contribution < 1.29 is 9.84 Å². The van der Waals surface area contributed by atoms with E-state index in [4.69, 9.17) is 4.74 Å². The van der Waals surface area contributed by atoms with E-state index in [-0.39, 0.29) is 6.61 Å². The molecule has 1 aromatic carbocycles. The summed E-state index contributed by atoms with van der Waals surface area (Å²) in [6.45, 7) is 2.69. The highest BCUT2D eigenvalue weighted by atomic mass is 16.5. The second kappa shape index (κ2) is 8.22. The van der Waals surface area contributed by atoms with Crippen molar-refractivity contribution >= 4 is 10.9 Å². The van der Waals surface area contributed by atoms with Crippen molar-refractivity contribution in [1.82, 2.24) is 14.9 Å². The number of benzene rings is 1. The molecule has 1 saturated carbocycles. The average Bonchev–Trinajstić information content (AvgIpc) is 3.12. The summed E-state index contributed by atoms with van der Waals surface area (Å²) in [6.07, 6.45) is 9.51. The minimum absolute atomic E-state index is 0.238. The van der Waals surface area contributed by atoms with Gasteiger partial charge in [0.05, 0.1) is 18.7 Å². The van der Waals surface area contributed by atoms with E-state index >= 15 is 0 Å². The Bertz CT molecular complexity index is 614. The normalized spacial score (nSPS) is 15.6. The summed E-state index contributed by atoms with van der Waals surface area (Å²) in [6, 6.07) is 6.56. The van der Waals surface area contributed by atoms with E-state index in [9.17, 15) is 5.11 Å². The van der Waals surface area contributed by atoms with Crippen molar-refractivity contribution in [2.45, 2.75) is 38.1 Å². The van der Waals surface area contributed by atoms with Crippen LogP contribution in [0.4, 0.5) is 0 Å². The standard InChI is InChI=1S/C18H25N3O2/c22-10-9-21(16-4-1-2-5-16)8-3-11-23-17-7-6-15-13-19-14-20-18(15)12-17/h6-7,12-14,16,22H,1-5,8-11H2. The van der Waals surface area contributed by atoms with Crippen LogP contribution in [0, 0.1) is 0 Å². The zero-order valence-corrected chi connectivity index (χ0v) is 13.5. The fraction of sp³-hybridized carbons (Fsp3) is 0.556. The predicted molar refractivity (Wildman–Crippen MR) is 90.6 cm³/mol. The van der Waals surface area contributed by atoms with Gasteiger partial charge < -0.3 is 9.84 Å². The number of aliphatic hydroxyl groups is 1. The number of aliphatic hydroxyl groups excluding tert-OH is 1. The maximum atomic E-state index is 9.25. The first-order valence-corrected chi connectivity index (χ1v) is 8.54. The van der Waals surface area contributed by atoms with Crippen molar-refractivity contribution in [3.05, 3.63) is 30.7 Å². The highest BCUT2D eigenvalue weighted by Gasteiger charge is 2.21. The molecule has 0 aliphatic heterocycles. The van der Waals surface area contributed by atoms with Gasteiger partial charge in [0.15, 0.2) is 0 Å². The third-order valence-electron chi connectivity index (χ3n) is 4.57. The van der Waals surface area contributed by atoms with Crippen LogP contribution in [0.1, 0.15) is 32.1 Å². The predicted octanol–water partition coefficient (Wildman–Crippen LogP) is 2.64. The molecule has 0 amide bonds. The van der Waals surface area contributed by atoms with Gasteiger partial charge in [-0.2, -0.15) is 0 Å². The summed E-state index contributed by atoms with van der Waals surface area (Å²) in [5.74, 6) is 0.853. The highest BCUT2D eigenvalue weighted by molar-refractivity contribution is 5.78. The van der Waals surface area contributed by atoms with Gasteiger partial charge in [0.25, 0.3) is 0 Å². The Balaban J connectivity index is 1.47. The molecule has 0 saturated heterocycles. The Labute approximate surface area is 137 Å². The first kappa shape index (κ1) is 16.1. The van der Waals surface area contributed by atoms with E-state index in [1.807, 2.05) is 18.2 Å². The van der Waals surface area contributed by atoms with Crippen LogP contribution in [0.3, 0.4) is 0 Å². The smallest absolute Gasteiger partial charge is 0.121 e. The Hall–Kier alpha value is -1.72. The van der Waals surface area contributed by atoms with E-state index in [1.54, 1.807) is 12.5 Å². The molecule has 1 N–H and O–H groups in total. The summed E-state index contributed by atoms with van der Waals surface area (Å²) in [4.78, 5) is 10.7. The fourth-order valence-corrected chi connectivity index (χ4v) is 3.38. The molecule has 1 heterocycles. The molecule has 0 spiro atoms. The van der Waals surface area contributed by atoms with Crippen LogP contribution in [0.15, 0.2) is 30.7 Å². The largest absolute Gasteiger partial charge is 0.493 e. The van der Waals surface area contributed by atoms with Crippen LogP contribution < -0.4 is 4.74 Å². The van der Waals surface area contributed by atoms with Crippen molar-refractivity contribution in [2.75, 3.05) is 26.3 Å². The minimum Gasteiger partial charge on any atom is -0.493 e. The van der Waals surface area contributed by atoms with E-state index in [0.29, 0.717) is 12.6 Å². The number of aromatic nitrogens is 2. The summed E-state index contributed by atoms with van der Waals surface area (Å²) in [5, 5.41) is 10.3. The lowest BCUT2D eigenvalue weighted by molar-refractivity contribution is 0.142. The second-order valence-electron chi connectivity index (χ2n) is 6.14. The van der Waals surface area contributed by atoms with Crippen molar-refractivity contribution in [3.8, 4) is 5.75 Å². The molecule has 0 bridgehead atoms. The number of nitrogens with zero attached hydrogens (tertiary/aromatic N) is 3. The molecule has 5 nitrogen and oxygen atoms in total. The van der Waals surface area contributed by atoms with Crippen LogP contribution in [0.5, 0.6) is 5.75 Å². The van der Waals surface area contributed by atoms with Crippen LogP contribution in [0.25, 0.3) is 10.9 Å². The van der Waals surface area contributed by atoms with Gasteiger partial charge in [-0.05, 0) is 31.4 Å². The number of ether oxygens (including phenoxy) is 1. The maximum Gasteiger partial charge on any atom is 0.121 e. The van der Waals surface area contributed by atoms with Gasteiger partial charge in [-0.3, -0.25) is 4.90 Å². The van der Waals surface area contributed by atoms with Crippen LogP contribution in [0.2, 0.25) is 0 Å². The van der Waals surface area contributed by atoms with Crippen LogP contribution >= 0.6 is 0 Å². The molecule has 1 aliphatic carbocycles. The zero-order chi connectivity index (χ0) is 15.9. The van der Waals surface area contributed by atoms with Gasteiger partial charge in [0, 0.05) is 36.8 Å². The molecule has 3 rings (SSSR count). The molecule has 1 aliphatic rings. The Morgan fingerprint density at radius 3 is 2.91 bits per heavy atom. The van der Waals surface area contributed by atoms with E-state index in [0.717, 1.165) is 36.2 Å². The molecule has 0 unspecified atom stereocenters. The van der Waals surface area contributed by atoms with Gasteiger partial charge in [0.2, 0.25) is 0 Å². The summed E-state index contributed by atoms with van der Waals surface area (Å²) >= 11 is 0. The van der Waals surface area contributed by atoms with Gasteiger partial charge in [0.1, 0.15) is 12.1 Å². The average molecular weight is 315 g/mol. The third-order valence-corrected chi connectivity index (χ3v) is 4.57. The molecule has 1 aromatic heterocycles. The molecule has 0 atom stereocenters. The number of rotatable bonds is 8. The topological polar surface area (TPSA) is 58.5 Å². The van der Waals surface area contributed by atoms with Gasteiger partial charge in [-0.25, -0.2) is 9.97 Å². The number of fused-ring (bicyclic) bond motifs is 1. The Kier molecular flexibility index (Phi) is 5.77. The maximum absolute atomic E-state index is 9.25. The molecular weight excluding hydrogens is 290 g/mol. The van der Waals surface area contributed by atoms with E-state index in [2.05, 4.69) is 14.9 Å². The lowest BCUT2D eigenvalue weighted by Gasteiger charge is -2.28. The van der Waals surface area contributed by atoms with Crippen molar-refractivity contribution in [3.63, 3.8) is 0 Å². The van der Waals surface area contributed by atoms with Crippen molar-refractivity contribution in [1.29, 1.82) is 0 Å². The molecule has 23 heavy (non-hydrogen) atoms. The summed E-state index contributed by atoms with van der Waals surface area (Å²) in [5.41, 5.74) is 0.908. The van der Waals surface area contributed by atoms with E-state index < -0.39 is 0 Å². The minimum atomic E-state index is 0.238. The summed E-state index contributed by atoms with van der Waals surface area (Å²) < 4.78 is 5.86. The third kappa shape index (κ3) is 4.39. The fourth-order valence-electron chi connectivity index (χ4n) is 3.38.